The van der Waals surface area contributed by atoms with E-state index in [9.17, 15) is 19.1 Å². The molecule has 1 saturated heterocycles. The Morgan fingerprint density at radius 2 is 2.20 bits per heavy atom. The van der Waals surface area contributed by atoms with E-state index in [1.54, 1.807) is 19.2 Å². The maximum Gasteiger partial charge on any atom is 0.287 e. The van der Waals surface area contributed by atoms with Crippen LogP contribution in [0.4, 0.5) is 4.39 Å². The third-order valence-corrected chi connectivity index (χ3v) is 6.70. The maximum atomic E-state index is 13.3. The third-order valence-electron chi connectivity index (χ3n) is 5.49. The first-order valence-corrected chi connectivity index (χ1v) is 12.1. The zero-order valence-corrected chi connectivity index (χ0v) is 20.7. The summed E-state index contributed by atoms with van der Waals surface area (Å²) in [7, 11) is 0. The minimum Gasteiger partial charge on any atom is -0.388 e. The Morgan fingerprint density at radius 3 is 2.89 bits per heavy atom. The van der Waals surface area contributed by atoms with Crippen molar-refractivity contribution in [2.45, 2.75) is 44.8 Å². The molecule has 3 N–H and O–H groups in total. The van der Waals surface area contributed by atoms with E-state index in [1.165, 1.54) is 29.5 Å². The number of halogens is 2. The summed E-state index contributed by atoms with van der Waals surface area (Å²) in [5.74, 6) is -1.25. The number of amides is 1. The van der Waals surface area contributed by atoms with Gasteiger partial charge in [-0.25, -0.2) is 9.37 Å². The van der Waals surface area contributed by atoms with Crippen molar-refractivity contribution in [1.29, 1.82) is 0 Å². The molecule has 0 bridgehead atoms. The van der Waals surface area contributed by atoms with E-state index in [1.807, 2.05) is 0 Å². The number of H-pyrrole nitrogens is 1. The van der Waals surface area contributed by atoms with Gasteiger partial charge in [0.05, 0.1) is 42.4 Å². The van der Waals surface area contributed by atoms with E-state index in [-0.39, 0.29) is 43.3 Å². The number of thiophene rings is 1. The van der Waals surface area contributed by atoms with Gasteiger partial charge < -0.3 is 29.6 Å². The first-order valence-electron chi connectivity index (χ1n) is 10.9. The first kappa shape index (κ1) is 25.7. The molecule has 188 valence electrons. The van der Waals surface area contributed by atoms with Crippen LogP contribution in [0, 0.1) is 5.82 Å². The van der Waals surface area contributed by atoms with E-state index in [4.69, 9.17) is 25.8 Å². The number of hydrogen-bond donors (Lipinski definition) is 3. The number of hydrogen-bond acceptors (Lipinski definition) is 8. The third kappa shape index (κ3) is 6.24. The molecule has 4 rings (SSSR count). The van der Waals surface area contributed by atoms with Crippen molar-refractivity contribution in [3.63, 3.8) is 0 Å². The minimum absolute atomic E-state index is 0.0427. The van der Waals surface area contributed by atoms with Gasteiger partial charge in [0.2, 0.25) is 5.82 Å². The summed E-state index contributed by atoms with van der Waals surface area (Å²) in [6, 6.07) is 4.13. The van der Waals surface area contributed by atoms with E-state index >= 15 is 0 Å². The SMILES string of the molecule is CC(C)(O)C1COC(COCc2csc3nc(C(=O)NCc4ccc(F)c(Cl)c4)[nH]c(=O)c23)CO1. The molecule has 1 amide bonds. The van der Waals surface area contributed by atoms with Crippen LogP contribution in [0.1, 0.15) is 35.6 Å². The number of nitrogens with zero attached hydrogens (tertiary/aromatic N) is 1. The highest BCUT2D eigenvalue weighted by Crippen LogP contribution is 2.23. The maximum absolute atomic E-state index is 13.3. The van der Waals surface area contributed by atoms with Crippen molar-refractivity contribution in [1.82, 2.24) is 15.3 Å². The second kappa shape index (κ2) is 10.7. The van der Waals surface area contributed by atoms with Gasteiger partial charge in [0.15, 0.2) is 0 Å². The fourth-order valence-electron chi connectivity index (χ4n) is 3.48. The van der Waals surface area contributed by atoms with Crippen molar-refractivity contribution in [3.05, 3.63) is 61.7 Å². The second-order valence-corrected chi connectivity index (χ2v) is 10.00. The fourth-order valence-corrected chi connectivity index (χ4v) is 4.61. The van der Waals surface area contributed by atoms with Crippen LogP contribution in [0.15, 0.2) is 28.4 Å². The van der Waals surface area contributed by atoms with Crippen molar-refractivity contribution in [3.8, 4) is 0 Å². The Morgan fingerprint density at radius 1 is 1.40 bits per heavy atom. The molecule has 1 fully saturated rings. The molecule has 2 aromatic heterocycles. The number of carbonyl (C=O) groups excluding carboxylic acids is 1. The summed E-state index contributed by atoms with van der Waals surface area (Å²) < 4.78 is 30.4. The highest BCUT2D eigenvalue weighted by molar-refractivity contribution is 7.16. The highest BCUT2D eigenvalue weighted by Gasteiger charge is 2.33. The molecule has 0 aliphatic carbocycles. The number of nitrogens with one attached hydrogen (secondary N) is 2. The summed E-state index contributed by atoms with van der Waals surface area (Å²) in [6.07, 6.45) is -0.676. The molecule has 35 heavy (non-hydrogen) atoms. The predicted molar refractivity (Wildman–Crippen MR) is 128 cm³/mol. The number of ether oxygens (including phenoxy) is 3. The van der Waals surface area contributed by atoms with Crippen molar-refractivity contribution in [2.24, 2.45) is 0 Å². The van der Waals surface area contributed by atoms with Crippen LogP contribution in [-0.4, -0.2) is 58.6 Å². The van der Waals surface area contributed by atoms with Gasteiger partial charge in [-0.1, -0.05) is 17.7 Å². The molecular weight excluding hydrogens is 501 g/mol. The Hall–Kier alpha value is -2.41. The summed E-state index contributed by atoms with van der Waals surface area (Å²) in [4.78, 5) is 32.4. The first-order chi connectivity index (χ1) is 16.6. The monoisotopic (exact) mass is 525 g/mol. The van der Waals surface area contributed by atoms with Gasteiger partial charge >= 0.3 is 0 Å². The molecular formula is C23H25ClFN3O6S. The number of aliphatic hydroxyl groups is 1. The average molecular weight is 526 g/mol. The Bertz CT molecular complexity index is 1270. The Kier molecular flexibility index (Phi) is 7.84. The zero-order chi connectivity index (χ0) is 25.2. The van der Waals surface area contributed by atoms with Gasteiger partial charge in [-0.3, -0.25) is 9.59 Å². The van der Waals surface area contributed by atoms with Crippen LogP contribution in [0.5, 0.6) is 0 Å². The number of carbonyl (C=O) groups is 1. The molecule has 2 atom stereocenters. The molecule has 9 nitrogen and oxygen atoms in total. The minimum atomic E-state index is -0.986. The number of benzene rings is 1. The van der Waals surface area contributed by atoms with Gasteiger partial charge in [-0.15, -0.1) is 11.3 Å². The number of rotatable bonds is 8. The van der Waals surface area contributed by atoms with Crippen LogP contribution in [0.2, 0.25) is 5.02 Å². The summed E-state index contributed by atoms with van der Waals surface area (Å²) >= 11 is 6.99. The van der Waals surface area contributed by atoms with Crippen LogP contribution in [0.25, 0.3) is 10.2 Å². The lowest BCUT2D eigenvalue weighted by Gasteiger charge is -2.35. The molecule has 2 unspecified atom stereocenters. The Balaban J connectivity index is 1.34. The fraction of sp³-hybridized carbons (Fsp3) is 0.435. The summed E-state index contributed by atoms with van der Waals surface area (Å²) in [5.41, 5.74) is -0.181. The molecule has 1 aliphatic heterocycles. The molecule has 0 radical (unpaired) electrons. The largest absolute Gasteiger partial charge is 0.388 e. The quantitative estimate of drug-likeness (QED) is 0.413. The summed E-state index contributed by atoms with van der Waals surface area (Å²) in [6.45, 7) is 4.41. The van der Waals surface area contributed by atoms with Crippen molar-refractivity contribution >= 4 is 39.1 Å². The number of aromatic nitrogens is 2. The average Bonchev–Trinajstić information content (AvgIpc) is 3.23. The van der Waals surface area contributed by atoms with Gasteiger partial charge in [0, 0.05) is 12.1 Å². The standard InChI is InChI=1S/C23H25ClFN3O6S/c1-23(2,31)17-10-33-14(9-34-17)8-32-7-13-11-35-22-18(13)20(29)27-19(28-22)21(30)26-6-12-3-4-16(25)15(24)5-12/h3-5,11,14,17,31H,6-10H2,1-2H3,(H,26,30)(H,27,28,29). The summed E-state index contributed by atoms with van der Waals surface area (Å²) in [5, 5.41) is 14.7. The normalized spacial score (nSPS) is 18.7. The van der Waals surface area contributed by atoms with Gasteiger partial charge in [-0.2, -0.15) is 0 Å². The molecule has 0 saturated carbocycles. The number of fused-ring (bicyclic) bond motifs is 1. The Labute approximate surface area is 209 Å². The molecule has 0 spiro atoms. The van der Waals surface area contributed by atoms with E-state index in [0.29, 0.717) is 28.0 Å². The van der Waals surface area contributed by atoms with Gasteiger partial charge in [0.25, 0.3) is 11.5 Å². The predicted octanol–water partition coefficient (Wildman–Crippen LogP) is 2.78. The smallest absolute Gasteiger partial charge is 0.287 e. The highest BCUT2D eigenvalue weighted by atomic mass is 35.5. The molecule has 3 aromatic rings. The second-order valence-electron chi connectivity index (χ2n) is 8.73. The van der Waals surface area contributed by atoms with Gasteiger partial charge in [0.1, 0.15) is 22.9 Å². The molecule has 1 aliphatic rings. The lowest BCUT2D eigenvalue weighted by atomic mass is 10.0. The van der Waals surface area contributed by atoms with Crippen LogP contribution in [0.3, 0.4) is 0 Å². The lowest BCUT2D eigenvalue weighted by Crippen LogP contribution is -2.48. The van der Waals surface area contributed by atoms with Crippen molar-refractivity contribution < 1.29 is 28.5 Å². The van der Waals surface area contributed by atoms with Crippen LogP contribution >= 0.6 is 22.9 Å². The van der Waals surface area contributed by atoms with E-state index < -0.39 is 29.0 Å². The zero-order valence-electron chi connectivity index (χ0n) is 19.1. The topological polar surface area (TPSA) is 123 Å². The van der Waals surface area contributed by atoms with Crippen LogP contribution in [-0.2, 0) is 27.4 Å². The molecule has 12 heteroatoms. The number of aromatic amines is 1. The lowest BCUT2D eigenvalue weighted by molar-refractivity contribution is -0.200. The van der Waals surface area contributed by atoms with Crippen LogP contribution < -0.4 is 10.9 Å². The van der Waals surface area contributed by atoms with Gasteiger partial charge in [-0.05, 0) is 36.9 Å². The van der Waals surface area contributed by atoms with Crippen molar-refractivity contribution in [2.75, 3.05) is 19.8 Å². The van der Waals surface area contributed by atoms with E-state index in [2.05, 4.69) is 15.3 Å². The molecule has 3 heterocycles. The van der Waals surface area contributed by atoms with E-state index in [0.717, 1.165) is 0 Å². The molecule has 1 aromatic carbocycles.